The number of aryl methyl sites for hydroxylation is 2. The van der Waals surface area contributed by atoms with Crippen LogP contribution in [-0.2, 0) is 10.8 Å². The summed E-state index contributed by atoms with van der Waals surface area (Å²) in [5.74, 6) is 0. The fourth-order valence-corrected chi connectivity index (χ4v) is 23.5. The van der Waals surface area contributed by atoms with Gasteiger partial charge < -0.3 is 0 Å². The summed E-state index contributed by atoms with van der Waals surface area (Å²) < 4.78 is 0. The predicted octanol–water partition coefficient (Wildman–Crippen LogP) is 41.2. The van der Waals surface area contributed by atoms with Crippen LogP contribution in [0.3, 0.4) is 0 Å². The van der Waals surface area contributed by atoms with E-state index in [1.165, 1.54) is 294 Å². The van der Waals surface area contributed by atoms with Gasteiger partial charge >= 0.3 is 0 Å². The Balaban J connectivity index is 0.000000111. The van der Waals surface area contributed by atoms with Gasteiger partial charge in [0.05, 0.1) is 0 Å². The molecule has 680 valence electrons. The van der Waals surface area contributed by atoms with Crippen LogP contribution >= 0.6 is 0 Å². The maximum Gasteiger partial charge on any atom is -0.00260 e. The monoisotopic (exact) mass is 1830 g/mol. The molecule has 0 nitrogen and oxygen atoms in total. The largest absolute Gasteiger partial charge is 0.0622 e. The number of benzene rings is 28. The first-order valence-corrected chi connectivity index (χ1v) is 50.7. The molecule has 28 aromatic rings. The molecule has 0 saturated carbocycles. The van der Waals surface area contributed by atoms with Gasteiger partial charge in [-0.3, -0.25) is 0 Å². The molecular weight excluding hydrogens is 1730 g/mol. The third-order valence-electron chi connectivity index (χ3n) is 30.8. The van der Waals surface area contributed by atoms with Gasteiger partial charge in [0.2, 0.25) is 0 Å². The van der Waals surface area contributed by atoms with Crippen molar-refractivity contribution in [3.8, 4) is 89.0 Å². The third kappa shape index (κ3) is 15.2. The lowest BCUT2D eigenvalue weighted by molar-refractivity contribution is 0.590. The molecule has 0 aliphatic rings. The average Bonchev–Trinajstić information content (AvgIpc) is 0.712. The number of fused-ring (bicyclic) bond motifs is 22. The van der Waals surface area contributed by atoms with Crippen LogP contribution in [0.1, 0.15) is 63.8 Å². The molecule has 0 heteroatoms. The van der Waals surface area contributed by atoms with E-state index in [0.717, 1.165) is 0 Å². The number of hydrogen-bond donors (Lipinski definition) is 0. The number of hydrogen-bond acceptors (Lipinski definition) is 0. The average molecular weight is 1830 g/mol. The second-order valence-electron chi connectivity index (χ2n) is 41.8. The minimum absolute atomic E-state index is 0.0120. The van der Waals surface area contributed by atoms with Crippen LogP contribution in [0, 0.1) is 13.8 Å². The van der Waals surface area contributed by atoms with Crippen LogP contribution in [0.4, 0.5) is 0 Å². The Morgan fingerprint density at radius 1 is 0.111 bits per heavy atom. The van der Waals surface area contributed by atoms with Crippen molar-refractivity contribution in [2.75, 3.05) is 0 Å². The summed E-state index contributed by atoms with van der Waals surface area (Å²) in [4.78, 5) is 0. The van der Waals surface area contributed by atoms with Gasteiger partial charge in [0.1, 0.15) is 0 Å². The van der Waals surface area contributed by atoms with Gasteiger partial charge in [0.15, 0.2) is 0 Å². The van der Waals surface area contributed by atoms with Crippen molar-refractivity contribution in [1.82, 2.24) is 0 Å². The van der Waals surface area contributed by atoms with E-state index in [9.17, 15) is 0 Å². The summed E-state index contributed by atoms with van der Waals surface area (Å²) >= 11 is 0. The van der Waals surface area contributed by atoms with E-state index in [1.807, 2.05) is 0 Å². The van der Waals surface area contributed by atoms with E-state index >= 15 is 0 Å². The van der Waals surface area contributed by atoms with Crippen LogP contribution in [0.15, 0.2) is 485 Å². The summed E-state index contributed by atoms with van der Waals surface area (Å²) in [6, 6.07) is 181. The van der Waals surface area contributed by atoms with Crippen molar-refractivity contribution in [3.63, 3.8) is 0 Å². The second-order valence-corrected chi connectivity index (χ2v) is 41.8. The Hall–Kier alpha value is -17.4. The van der Waals surface area contributed by atoms with Crippen LogP contribution in [0.25, 0.3) is 272 Å². The molecule has 0 saturated heterocycles. The highest BCUT2D eigenvalue weighted by Crippen LogP contribution is 2.53. The van der Waals surface area contributed by atoms with Gasteiger partial charge in [-0.1, -0.05) is 477 Å². The van der Waals surface area contributed by atoms with E-state index in [0.29, 0.717) is 0 Å². The first-order chi connectivity index (χ1) is 70.4. The first-order valence-electron chi connectivity index (χ1n) is 50.7. The summed E-state index contributed by atoms with van der Waals surface area (Å²) in [6.07, 6.45) is 0. The molecule has 0 N–H and O–H groups in total. The van der Waals surface area contributed by atoms with Gasteiger partial charge in [-0.05, 0) is 369 Å². The summed E-state index contributed by atoms with van der Waals surface area (Å²) in [7, 11) is 0. The van der Waals surface area contributed by atoms with Crippen molar-refractivity contribution >= 4 is 183 Å². The van der Waals surface area contributed by atoms with Crippen LogP contribution < -0.4 is 0 Å². The Bertz CT molecular complexity index is 9710. The minimum atomic E-state index is 0.0120. The van der Waals surface area contributed by atoms with E-state index < -0.39 is 0 Å². The lowest BCUT2D eigenvalue weighted by atomic mass is 9.79. The van der Waals surface area contributed by atoms with E-state index in [1.54, 1.807) is 0 Å². The normalized spacial score (nSPS) is 12.0. The molecule has 0 spiro atoms. The van der Waals surface area contributed by atoms with Crippen molar-refractivity contribution in [2.45, 2.75) is 66.2 Å². The first kappa shape index (κ1) is 86.9. The van der Waals surface area contributed by atoms with Gasteiger partial charge in [0, 0.05) is 0 Å². The van der Waals surface area contributed by atoms with E-state index in [-0.39, 0.29) is 10.8 Å². The molecule has 0 atom stereocenters. The zero-order valence-electron chi connectivity index (χ0n) is 82.2. The SMILES string of the molecule is CC(C)(C)c1ccc2c(-c3ccc4ccc5ccccc5c4c3)c3cc(C(C)(C)C)ccc3c(-c3ccc4ccc5ccccc5c4c3)c2c1.Cc1ccc2c(-c3ccc4ccc5ccccc5c4c3)c3cc(C)ccc3c(-c3ccc4ccccc4c3)c2c1.c1ccc(-c2ccc3ccc4ccc(-c5c6ccccc6c(-c6ccc7ccc8ccc(-c9ccccc9)cc8c7c6)c6ccccc56)cc4c3c2)cc1. The highest BCUT2D eigenvalue weighted by Gasteiger charge is 2.27. The van der Waals surface area contributed by atoms with Gasteiger partial charge in [-0.15, -0.1) is 0 Å². The smallest absolute Gasteiger partial charge is 0.00260 e. The molecule has 0 amide bonds. The third-order valence-corrected chi connectivity index (χ3v) is 30.8. The molecule has 0 bridgehead atoms. The highest BCUT2D eigenvalue weighted by atomic mass is 14.3. The van der Waals surface area contributed by atoms with E-state index in [4.69, 9.17) is 0 Å². The topological polar surface area (TPSA) is 0 Å². The predicted molar refractivity (Wildman–Crippen MR) is 627 cm³/mol. The summed E-state index contributed by atoms with van der Waals surface area (Å²) in [5.41, 5.74) is 25.5. The molecule has 28 aromatic carbocycles. The second kappa shape index (κ2) is 34.8. The van der Waals surface area contributed by atoms with E-state index in [2.05, 4.69) is 541 Å². The number of rotatable bonds is 8. The molecule has 0 aliphatic carbocycles. The molecule has 28 rings (SSSR count). The highest BCUT2D eigenvalue weighted by molar-refractivity contribution is 6.28. The lowest BCUT2D eigenvalue weighted by Crippen LogP contribution is -2.11. The van der Waals surface area contributed by atoms with Gasteiger partial charge in [-0.25, -0.2) is 0 Å². The molecule has 0 aliphatic heterocycles. The van der Waals surface area contributed by atoms with Crippen molar-refractivity contribution in [2.24, 2.45) is 0 Å². The Kier molecular flexibility index (Phi) is 21.0. The lowest BCUT2D eigenvalue weighted by Gasteiger charge is -2.25. The molecule has 0 fully saturated rings. The van der Waals surface area contributed by atoms with Crippen molar-refractivity contribution in [1.29, 1.82) is 0 Å². The zero-order valence-corrected chi connectivity index (χ0v) is 82.2. The molecule has 0 unspecified atom stereocenters. The molecule has 0 heterocycles. The maximum absolute atomic E-state index is 2.48. The van der Waals surface area contributed by atoms with Crippen molar-refractivity contribution < 1.29 is 0 Å². The summed E-state index contributed by atoms with van der Waals surface area (Å²) in [5, 5.41) is 43.5. The quantitative estimate of drug-likeness (QED) is 0.105. The zero-order chi connectivity index (χ0) is 96.7. The molecule has 144 heavy (non-hydrogen) atoms. The Morgan fingerprint density at radius 3 is 0.604 bits per heavy atom. The van der Waals surface area contributed by atoms with Gasteiger partial charge in [-0.2, -0.15) is 0 Å². The fraction of sp³-hybridized carbons (Fsp3) is 0.0694. The van der Waals surface area contributed by atoms with Crippen molar-refractivity contribution in [3.05, 3.63) is 508 Å². The van der Waals surface area contributed by atoms with Crippen LogP contribution in [-0.4, -0.2) is 0 Å². The minimum Gasteiger partial charge on any atom is -0.0622 e. The summed E-state index contributed by atoms with van der Waals surface area (Å²) in [6.45, 7) is 18.3. The molecule has 0 radical (unpaired) electrons. The fourth-order valence-electron chi connectivity index (χ4n) is 23.5. The van der Waals surface area contributed by atoms with Crippen LogP contribution in [0.2, 0.25) is 0 Å². The molecular formula is C144H104. The molecule has 0 aromatic heterocycles. The maximum atomic E-state index is 2.48. The Labute approximate surface area is 839 Å². The standard InChI is InChI=1S/C54H34.C50H42.C40H28/c1-3-11-35(12-4-1)41-27-23-37-19-21-39-25-29-43(33-51(39)49(37)31-41)53-45-15-7-9-17-47(45)54(48-18-10-8-16-46(48)53)44-30-26-40-22-20-38-24-28-42(32-50(38)52(40)34-44)36-13-5-2-6-14-36;1-49(2,3)37-23-25-41-45(29-37)47(35-21-19-33-17-15-31-11-7-9-13-39(31)43(33)27-35)42-26-24-38(50(4,5)6)30-46(42)48(41)36-22-20-34-18-16-32-12-8-10-14-40(32)44(34)28-36;1-25-12-20-35-37(21-25)39(31-17-13-27-7-3-4-9-30(27)23-31)34-19-11-26(2)22-38(34)40(35)32-18-16-29-15-14-28-8-5-6-10-33(28)36(29)24-32/h1-34H;7-30H,1-6H3;3-24H,1-2H3. The van der Waals surface area contributed by atoms with Crippen LogP contribution in [0.5, 0.6) is 0 Å². The Morgan fingerprint density at radius 2 is 0.306 bits per heavy atom. The van der Waals surface area contributed by atoms with Gasteiger partial charge in [0.25, 0.3) is 0 Å².